The molecule has 0 amide bonds. The molecule has 1 aromatic heterocycles. The Kier molecular flexibility index (Phi) is 6.10. The molecule has 0 radical (unpaired) electrons. The third-order valence-corrected chi connectivity index (χ3v) is 1.43. The van der Waals surface area contributed by atoms with Crippen LogP contribution in [0, 0.1) is 0 Å². The normalized spacial score (nSPS) is 11.2. The maximum Gasteiger partial charge on any atom is 0.353 e. The second-order valence-electron chi connectivity index (χ2n) is 3.30. The van der Waals surface area contributed by atoms with Crippen LogP contribution in [0.3, 0.4) is 0 Å². The summed E-state index contributed by atoms with van der Waals surface area (Å²) in [6.07, 6.45) is -3.17. The van der Waals surface area contributed by atoms with Gasteiger partial charge in [0.1, 0.15) is 6.61 Å². The Balaban J connectivity index is 0.00000106. The summed E-state index contributed by atoms with van der Waals surface area (Å²) in [5.41, 5.74) is 0. The molecule has 0 fully saturated rings. The number of alkyl halides is 2. The fourth-order valence-corrected chi connectivity index (χ4v) is 0.752. The number of nitrogens with zero attached hydrogens (tertiary/aromatic N) is 2. The van der Waals surface area contributed by atoms with Crippen molar-refractivity contribution >= 4 is 0 Å². The van der Waals surface area contributed by atoms with Gasteiger partial charge in [-0.1, -0.05) is 32.9 Å². The molecule has 4 nitrogen and oxygen atoms in total. The minimum atomic E-state index is -3.17. The van der Waals surface area contributed by atoms with Crippen molar-refractivity contribution in [3.8, 4) is 0 Å². The zero-order valence-electron chi connectivity index (χ0n) is 10.3. The largest absolute Gasteiger partial charge is 0.353 e. The van der Waals surface area contributed by atoms with Crippen LogP contribution in [0.5, 0.6) is 0 Å². The summed E-state index contributed by atoms with van der Waals surface area (Å²) in [4.78, 5) is 3.88. The summed E-state index contributed by atoms with van der Waals surface area (Å²) in [7, 11) is 0. The molecule has 6 heteroatoms. The fourth-order valence-electron chi connectivity index (χ4n) is 0.752. The lowest BCUT2D eigenvalue weighted by atomic mass is 10.2. The first-order valence-corrected chi connectivity index (χ1v) is 5.23. The molecule has 0 aliphatic carbocycles. The molecule has 0 saturated carbocycles. The Labute approximate surface area is 94.0 Å². The molecule has 0 atom stereocenters. The van der Waals surface area contributed by atoms with Crippen LogP contribution in [0.2, 0.25) is 0 Å². The van der Waals surface area contributed by atoms with Gasteiger partial charge in [-0.25, -0.2) is 0 Å². The number of ether oxygens (including phenoxy) is 1. The molecule has 1 aromatic rings. The summed E-state index contributed by atoms with van der Waals surface area (Å²) in [6, 6.07) is 0. The predicted molar refractivity (Wildman–Crippen MR) is 55.1 cm³/mol. The topological polar surface area (TPSA) is 48.2 Å². The molecule has 0 aliphatic heterocycles. The van der Waals surface area contributed by atoms with Gasteiger partial charge in [0.15, 0.2) is 5.82 Å². The summed E-state index contributed by atoms with van der Waals surface area (Å²) < 4.78 is 33.5. The molecular formula is C10H18F2N2O2. The molecule has 0 saturated heterocycles. The first kappa shape index (κ1) is 15.0. The van der Waals surface area contributed by atoms with E-state index in [-0.39, 0.29) is 18.3 Å². The van der Waals surface area contributed by atoms with Gasteiger partial charge >= 0.3 is 6.11 Å². The molecule has 0 aliphatic rings. The second kappa shape index (κ2) is 6.52. The van der Waals surface area contributed by atoms with Crippen molar-refractivity contribution in [1.29, 1.82) is 0 Å². The summed E-state index contributed by atoms with van der Waals surface area (Å²) in [5.74, 6) is 0.636. The average Bonchev–Trinajstić information content (AvgIpc) is 2.65. The van der Waals surface area contributed by atoms with Crippen LogP contribution in [-0.2, 0) is 11.3 Å². The average molecular weight is 236 g/mol. The van der Waals surface area contributed by atoms with Crippen molar-refractivity contribution in [2.24, 2.45) is 0 Å². The van der Waals surface area contributed by atoms with Crippen LogP contribution in [0.4, 0.5) is 8.78 Å². The monoisotopic (exact) mass is 236 g/mol. The van der Waals surface area contributed by atoms with Crippen LogP contribution >= 0.6 is 0 Å². The highest BCUT2D eigenvalue weighted by Crippen LogP contribution is 2.16. The SMILES string of the molecule is CC.CC(C)c1nc(COC(C)(F)F)no1. The van der Waals surface area contributed by atoms with Crippen LogP contribution in [0.15, 0.2) is 4.52 Å². The van der Waals surface area contributed by atoms with E-state index >= 15 is 0 Å². The first-order chi connectivity index (χ1) is 7.38. The first-order valence-electron chi connectivity index (χ1n) is 5.23. The minimum absolute atomic E-state index is 0.0818. The Morgan fingerprint density at radius 1 is 1.38 bits per heavy atom. The molecule has 1 heterocycles. The van der Waals surface area contributed by atoms with Gasteiger partial charge in [0.2, 0.25) is 5.89 Å². The van der Waals surface area contributed by atoms with Gasteiger partial charge in [0.05, 0.1) is 0 Å². The highest BCUT2D eigenvalue weighted by Gasteiger charge is 2.23. The minimum Gasteiger partial charge on any atom is -0.339 e. The zero-order valence-corrected chi connectivity index (χ0v) is 10.3. The number of halogens is 2. The number of aromatic nitrogens is 2. The summed E-state index contributed by atoms with van der Waals surface area (Å²) in [5, 5.41) is 3.50. The Bertz CT molecular complexity index is 295. The lowest BCUT2D eigenvalue weighted by Gasteiger charge is -2.08. The van der Waals surface area contributed by atoms with E-state index in [1.807, 2.05) is 27.7 Å². The van der Waals surface area contributed by atoms with E-state index in [0.717, 1.165) is 0 Å². The van der Waals surface area contributed by atoms with E-state index in [4.69, 9.17) is 4.52 Å². The molecule has 0 N–H and O–H groups in total. The maximum atomic E-state index is 12.3. The lowest BCUT2D eigenvalue weighted by molar-refractivity contribution is -0.232. The highest BCUT2D eigenvalue weighted by atomic mass is 19.3. The zero-order chi connectivity index (χ0) is 12.8. The van der Waals surface area contributed by atoms with Crippen molar-refractivity contribution in [2.45, 2.75) is 53.3 Å². The van der Waals surface area contributed by atoms with Gasteiger partial charge in [0.25, 0.3) is 0 Å². The lowest BCUT2D eigenvalue weighted by Crippen LogP contribution is -2.15. The van der Waals surface area contributed by atoms with Crippen LogP contribution < -0.4 is 0 Å². The Hall–Kier alpha value is -1.04. The number of hydrogen-bond donors (Lipinski definition) is 0. The third-order valence-electron chi connectivity index (χ3n) is 1.43. The molecule has 0 unspecified atom stereocenters. The van der Waals surface area contributed by atoms with E-state index in [0.29, 0.717) is 12.8 Å². The molecule has 0 bridgehead atoms. The maximum absolute atomic E-state index is 12.3. The molecule has 0 spiro atoms. The number of rotatable bonds is 4. The van der Waals surface area contributed by atoms with Gasteiger partial charge < -0.3 is 9.26 Å². The summed E-state index contributed by atoms with van der Waals surface area (Å²) >= 11 is 0. The van der Waals surface area contributed by atoms with Crippen molar-refractivity contribution < 1.29 is 18.0 Å². The molecule has 1 rings (SSSR count). The molecule has 94 valence electrons. The van der Waals surface area contributed by atoms with Gasteiger partial charge in [-0.2, -0.15) is 13.8 Å². The van der Waals surface area contributed by atoms with Gasteiger partial charge in [0, 0.05) is 12.8 Å². The molecule has 16 heavy (non-hydrogen) atoms. The second-order valence-corrected chi connectivity index (χ2v) is 3.30. The van der Waals surface area contributed by atoms with Crippen molar-refractivity contribution in [3.05, 3.63) is 11.7 Å². The van der Waals surface area contributed by atoms with E-state index in [2.05, 4.69) is 14.9 Å². The van der Waals surface area contributed by atoms with Gasteiger partial charge in [-0.3, -0.25) is 0 Å². The van der Waals surface area contributed by atoms with Crippen molar-refractivity contribution in [2.75, 3.05) is 0 Å². The van der Waals surface area contributed by atoms with E-state index in [1.165, 1.54) is 0 Å². The smallest absolute Gasteiger partial charge is 0.339 e. The standard InChI is InChI=1S/C8H12F2N2O2.C2H6/c1-5(2)7-11-6(12-14-7)4-13-8(3,9)10;1-2/h5H,4H2,1-3H3;1-2H3. The highest BCUT2D eigenvalue weighted by molar-refractivity contribution is 4.89. The van der Waals surface area contributed by atoms with Crippen LogP contribution in [0.25, 0.3) is 0 Å². The van der Waals surface area contributed by atoms with Crippen LogP contribution in [0.1, 0.15) is 52.3 Å². The van der Waals surface area contributed by atoms with E-state index in [9.17, 15) is 8.78 Å². The van der Waals surface area contributed by atoms with Crippen molar-refractivity contribution in [1.82, 2.24) is 10.1 Å². The van der Waals surface area contributed by atoms with Crippen molar-refractivity contribution in [3.63, 3.8) is 0 Å². The fraction of sp³-hybridized carbons (Fsp3) is 0.800. The van der Waals surface area contributed by atoms with Gasteiger partial charge in [-0.15, -0.1) is 0 Å². The van der Waals surface area contributed by atoms with Gasteiger partial charge in [-0.05, 0) is 0 Å². The van der Waals surface area contributed by atoms with E-state index < -0.39 is 6.11 Å². The third kappa shape index (κ3) is 5.75. The van der Waals surface area contributed by atoms with E-state index in [1.54, 1.807) is 0 Å². The number of hydrogen-bond acceptors (Lipinski definition) is 4. The quantitative estimate of drug-likeness (QED) is 0.804. The molecule has 0 aromatic carbocycles. The summed E-state index contributed by atoms with van der Waals surface area (Å²) in [6.45, 7) is 8.05. The predicted octanol–water partition coefficient (Wildman–Crippen LogP) is 3.35. The Morgan fingerprint density at radius 2 is 1.94 bits per heavy atom. The van der Waals surface area contributed by atoms with Crippen LogP contribution in [-0.4, -0.2) is 16.2 Å². The molecular weight excluding hydrogens is 218 g/mol. The Morgan fingerprint density at radius 3 is 2.31 bits per heavy atom.